The van der Waals surface area contributed by atoms with Gasteiger partial charge in [-0.05, 0) is 68.3 Å². The van der Waals surface area contributed by atoms with E-state index in [2.05, 4.69) is 21.7 Å². The summed E-state index contributed by atoms with van der Waals surface area (Å²) in [5.74, 6) is 0.0947. The van der Waals surface area contributed by atoms with Crippen molar-refractivity contribution in [2.24, 2.45) is 0 Å². The summed E-state index contributed by atoms with van der Waals surface area (Å²) in [5, 5.41) is 15.6. The molecule has 8 heteroatoms. The highest BCUT2D eigenvalue weighted by Crippen LogP contribution is 2.27. The van der Waals surface area contributed by atoms with Gasteiger partial charge >= 0.3 is 0 Å². The van der Waals surface area contributed by atoms with Gasteiger partial charge in [-0.3, -0.25) is 9.59 Å². The Morgan fingerprint density at radius 3 is 2.39 bits per heavy atom. The molecule has 0 spiro atoms. The highest BCUT2D eigenvalue weighted by atomic mass is 32.2. The van der Waals surface area contributed by atoms with Gasteiger partial charge in [0.25, 0.3) is 5.91 Å². The smallest absolute Gasteiger partial charge is 0.257 e. The molecule has 1 aromatic heterocycles. The number of nitrogens with zero attached hydrogens (tertiary/aromatic N) is 2. The molecule has 168 valence electrons. The first-order valence-electron chi connectivity index (χ1n) is 10.2. The number of pyridine rings is 1. The summed E-state index contributed by atoms with van der Waals surface area (Å²) in [5.41, 5.74) is 4.50. The Hall–Kier alpha value is -3.83. The van der Waals surface area contributed by atoms with Gasteiger partial charge in [0.2, 0.25) is 5.91 Å². The number of methoxy groups -OCH3 is 1. The number of benzene rings is 2. The molecule has 0 fully saturated rings. The summed E-state index contributed by atoms with van der Waals surface area (Å²) in [7, 11) is 1.57. The van der Waals surface area contributed by atoms with Crippen molar-refractivity contribution in [1.29, 1.82) is 5.26 Å². The number of para-hydroxylation sites is 1. The number of ether oxygens (including phenoxy) is 1. The minimum absolute atomic E-state index is 0.0536. The van der Waals surface area contributed by atoms with Gasteiger partial charge in [0.15, 0.2) is 0 Å². The van der Waals surface area contributed by atoms with Gasteiger partial charge in [0.05, 0.1) is 29.7 Å². The first-order chi connectivity index (χ1) is 15.8. The molecule has 0 atom stereocenters. The van der Waals surface area contributed by atoms with E-state index in [4.69, 9.17) is 4.74 Å². The summed E-state index contributed by atoms with van der Waals surface area (Å²) in [6.07, 6.45) is 0. The lowest BCUT2D eigenvalue weighted by Crippen LogP contribution is -2.19. The summed E-state index contributed by atoms with van der Waals surface area (Å²) < 4.78 is 5.13. The molecule has 2 N–H and O–H groups in total. The Morgan fingerprint density at radius 2 is 1.73 bits per heavy atom. The van der Waals surface area contributed by atoms with Gasteiger partial charge < -0.3 is 15.4 Å². The van der Waals surface area contributed by atoms with E-state index in [0.29, 0.717) is 33.3 Å². The van der Waals surface area contributed by atoms with Crippen LogP contribution in [0.5, 0.6) is 5.75 Å². The lowest BCUT2D eigenvalue weighted by Gasteiger charge is -2.13. The molecule has 0 aliphatic rings. The zero-order valence-electron chi connectivity index (χ0n) is 18.9. The number of aromatic nitrogens is 1. The topological polar surface area (TPSA) is 104 Å². The Kier molecular flexibility index (Phi) is 7.70. The highest BCUT2D eigenvalue weighted by molar-refractivity contribution is 8.00. The van der Waals surface area contributed by atoms with Crippen molar-refractivity contribution >= 4 is 35.0 Å². The maximum absolute atomic E-state index is 12.8. The first-order valence-corrected chi connectivity index (χ1v) is 11.2. The van der Waals surface area contributed by atoms with Crippen LogP contribution in [-0.4, -0.2) is 29.7 Å². The van der Waals surface area contributed by atoms with Crippen LogP contribution in [0.1, 0.15) is 32.7 Å². The Labute approximate surface area is 197 Å². The first kappa shape index (κ1) is 23.8. The van der Waals surface area contributed by atoms with Crippen LogP contribution in [0, 0.1) is 32.1 Å². The van der Waals surface area contributed by atoms with Crippen LogP contribution in [-0.2, 0) is 4.79 Å². The fourth-order valence-electron chi connectivity index (χ4n) is 3.13. The molecule has 0 saturated heterocycles. The number of aryl methyl sites for hydroxylation is 1. The van der Waals surface area contributed by atoms with Gasteiger partial charge in [-0.2, -0.15) is 5.26 Å². The lowest BCUT2D eigenvalue weighted by atomic mass is 10.1. The average molecular weight is 461 g/mol. The normalized spacial score (nSPS) is 10.3. The van der Waals surface area contributed by atoms with Crippen molar-refractivity contribution in [3.8, 4) is 11.8 Å². The van der Waals surface area contributed by atoms with Crippen molar-refractivity contribution in [3.05, 3.63) is 76.5 Å². The van der Waals surface area contributed by atoms with Crippen molar-refractivity contribution in [2.75, 3.05) is 23.5 Å². The Morgan fingerprint density at radius 1 is 1.03 bits per heavy atom. The predicted molar refractivity (Wildman–Crippen MR) is 130 cm³/mol. The molecule has 0 saturated carbocycles. The molecule has 0 radical (unpaired) electrons. The van der Waals surface area contributed by atoms with E-state index in [1.165, 1.54) is 11.8 Å². The number of carbonyl (C=O) groups excluding carboxylic acids is 2. The molecule has 3 aromatic rings. The number of carbonyl (C=O) groups is 2. The minimum Gasteiger partial charge on any atom is -0.497 e. The second-order valence-electron chi connectivity index (χ2n) is 7.30. The molecule has 3 rings (SSSR count). The molecule has 7 nitrogen and oxygen atoms in total. The predicted octanol–water partition coefficient (Wildman–Crippen LogP) is 4.87. The largest absolute Gasteiger partial charge is 0.497 e. The zero-order valence-corrected chi connectivity index (χ0v) is 19.7. The van der Waals surface area contributed by atoms with Crippen molar-refractivity contribution in [3.63, 3.8) is 0 Å². The molecule has 0 bridgehead atoms. The van der Waals surface area contributed by atoms with E-state index in [1.807, 2.05) is 20.8 Å². The summed E-state index contributed by atoms with van der Waals surface area (Å²) in [6, 6.07) is 15.9. The quantitative estimate of drug-likeness (QED) is 0.488. The van der Waals surface area contributed by atoms with Crippen molar-refractivity contribution in [2.45, 2.75) is 25.8 Å². The zero-order chi connectivity index (χ0) is 24.0. The van der Waals surface area contributed by atoms with Crippen molar-refractivity contribution < 1.29 is 14.3 Å². The standard InChI is InChI=1S/C25H24N4O3S/c1-15-16(2)21(13-26)25(27-17(15)3)33-14-23(30)29-22-8-6-5-7-20(22)24(31)28-18-9-11-19(32-4)12-10-18/h5-12H,14H2,1-4H3,(H,28,31)(H,29,30). The van der Waals surface area contributed by atoms with Gasteiger partial charge in [-0.25, -0.2) is 4.98 Å². The highest BCUT2D eigenvalue weighted by Gasteiger charge is 2.16. The van der Waals surface area contributed by atoms with E-state index >= 15 is 0 Å². The molecular weight excluding hydrogens is 436 g/mol. The molecule has 2 amide bonds. The number of anilines is 2. The molecule has 0 aliphatic heterocycles. The summed E-state index contributed by atoms with van der Waals surface area (Å²) in [6.45, 7) is 5.68. The summed E-state index contributed by atoms with van der Waals surface area (Å²) in [4.78, 5) is 29.9. The van der Waals surface area contributed by atoms with E-state index in [0.717, 1.165) is 16.8 Å². The van der Waals surface area contributed by atoms with Crippen LogP contribution in [0.25, 0.3) is 0 Å². The fraction of sp³-hybridized carbons (Fsp3) is 0.200. The third-order valence-corrected chi connectivity index (χ3v) is 6.18. The van der Waals surface area contributed by atoms with E-state index < -0.39 is 0 Å². The number of hydrogen-bond donors (Lipinski definition) is 2. The maximum Gasteiger partial charge on any atom is 0.257 e. The van der Waals surface area contributed by atoms with Crippen LogP contribution < -0.4 is 15.4 Å². The third kappa shape index (κ3) is 5.70. The minimum atomic E-state index is -0.345. The van der Waals surface area contributed by atoms with Crippen LogP contribution >= 0.6 is 11.8 Å². The third-order valence-electron chi connectivity index (χ3n) is 5.21. The van der Waals surface area contributed by atoms with E-state index in [9.17, 15) is 14.9 Å². The maximum atomic E-state index is 12.8. The summed E-state index contributed by atoms with van der Waals surface area (Å²) >= 11 is 1.20. The van der Waals surface area contributed by atoms with Crippen LogP contribution in [0.3, 0.4) is 0 Å². The van der Waals surface area contributed by atoms with Crippen LogP contribution in [0.2, 0.25) is 0 Å². The van der Waals surface area contributed by atoms with Gasteiger partial charge in [-0.15, -0.1) is 0 Å². The second kappa shape index (κ2) is 10.7. The van der Waals surface area contributed by atoms with Crippen LogP contribution in [0.15, 0.2) is 53.6 Å². The number of thioether (sulfide) groups is 1. The second-order valence-corrected chi connectivity index (χ2v) is 8.27. The van der Waals surface area contributed by atoms with Gasteiger partial charge in [0, 0.05) is 11.4 Å². The van der Waals surface area contributed by atoms with Crippen LogP contribution in [0.4, 0.5) is 11.4 Å². The fourth-order valence-corrected chi connectivity index (χ4v) is 4.02. The Bertz CT molecular complexity index is 1230. The number of nitriles is 1. The van der Waals surface area contributed by atoms with Gasteiger partial charge in [-0.1, -0.05) is 23.9 Å². The Balaban J connectivity index is 1.70. The molecular formula is C25H24N4O3S. The van der Waals surface area contributed by atoms with E-state index in [-0.39, 0.29) is 17.6 Å². The van der Waals surface area contributed by atoms with Gasteiger partial charge in [0.1, 0.15) is 16.8 Å². The van der Waals surface area contributed by atoms with Crippen molar-refractivity contribution in [1.82, 2.24) is 4.98 Å². The molecule has 1 heterocycles. The molecule has 0 aliphatic carbocycles. The van der Waals surface area contributed by atoms with E-state index in [1.54, 1.807) is 55.6 Å². The number of hydrogen-bond acceptors (Lipinski definition) is 6. The average Bonchev–Trinajstić information content (AvgIpc) is 2.82. The molecule has 2 aromatic carbocycles. The number of nitrogens with one attached hydrogen (secondary N) is 2. The number of rotatable bonds is 7. The molecule has 0 unspecified atom stereocenters. The molecule has 33 heavy (non-hydrogen) atoms. The monoisotopic (exact) mass is 460 g/mol. The SMILES string of the molecule is COc1ccc(NC(=O)c2ccccc2NC(=O)CSc2nc(C)c(C)c(C)c2C#N)cc1. The lowest BCUT2D eigenvalue weighted by molar-refractivity contribution is -0.113. The number of amides is 2.